The molecule has 120 valence electrons. The Kier molecular flexibility index (Phi) is 6.68. The molecule has 0 fully saturated rings. The highest BCUT2D eigenvalue weighted by atomic mass is 35.5. The molecule has 0 unspecified atom stereocenters. The average molecular weight is 316 g/mol. The van der Waals surface area contributed by atoms with Gasteiger partial charge in [-0.1, -0.05) is 32.4 Å². The number of aliphatic hydroxyl groups is 1. The zero-order valence-electron chi connectivity index (χ0n) is 13.4. The Morgan fingerprint density at radius 2 is 2.00 bits per heavy atom. The van der Waals surface area contributed by atoms with E-state index in [9.17, 15) is 9.90 Å². The summed E-state index contributed by atoms with van der Waals surface area (Å²) in [5.74, 6) is -0.186. The van der Waals surface area contributed by atoms with Gasteiger partial charge in [0.1, 0.15) is 5.15 Å². The summed E-state index contributed by atoms with van der Waals surface area (Å²) >= 11 is 6.17. The standard InChI is InChI=1S/C15H26ClN3O2/c1-5-11-12(13(16)19(4)18-11)14(21)17-10-15(6-2,7-3)8-9-20/h20H,5-10H2,1-4H3,(H,17,21). The maximum absolute atomic E-state index is 12.4. The number of nitrogens with one attached hydrogen (secondary N) is 1. The Labute approximate surface area is 131 Å². The van der Waals surface area contributed by atoms with Crippen molar-refractivity contribution in [2.75, 3.05) is 13.2 Å². The molecule has 0 atom stereocenters. The Hall–Kier alpha value is -1.07. The topological polar surface area (TPSA) is 67.2 Å². The van der Waals surface area contributed by atoms with E-state index in [1.807, 2.05) is 6.92 Å². The number of carbonyl (C=O) groups is 1. The fraction of sp³-hybridized carbons (Fsp3) is 0.733. The van der Waals surface area contributed by atoms with Gasteiger partial charge in [0.2, 0.25) is 0 Å². The summed E-state index contributed by atoms with van der Waals surface area (Å²) in [6.45, 7) is 6.78. The molecule has 1 aromatic rings. The molecule has 5 nitrogen and oxygen atoms in total. The van der Waals surface area contributed by atoms with Crippen molar-refractivity contribution in [2.24, 2.45) is 12.5 Å². The highest BCUT2D eigenvalue weighted by Gasteiger charge is 2.28. The predicted molar refractivity (Wildman–Crippen MR) is 84.6 cm³/mol. The summed E-state index contributed by atoms with van der Waals surface area (Å²) < 4.78 is 1.52. The predicted octanol–water partition coefficient (Wildman–Crippen LogP) is 2.55. The normalized spacial score (nSPS) is 11.7. The van der Waals surface area contributed by atoms with Crippen LogP contribution in [0.3, 0.4) is 0 Å². The molecule has 1 aromatic heterocycles. The second-order valence-corrected chi connectivity index (χ2v) is 5.81. The lowest BCUT2D eigenvalue weighted by Gasteiger charge is -2.31. The first-order valence-electron chi connectivity index (χ1n) is 7.55. The SMILES string of the molecule is CCc1nn(C)c(Cl)c1C(=O)NCC(CC)(CC)CCO. The van der Waals surface area contributed by atoms with Crippen LogP contribution in [0, 0.1) is 5.41 Å². The summed E-state index contributed by atoms with van der Waals surface area (Å²) in [7, 11) is 1.73. The van der Waals surface area contributed by atoms with Gasteiger partial charge < -0.3 is 10.4 Å². The minimum Gasteiger partial charge on any atom is -0.396 e. The van der Waals surface area contributed by atoms with Gasteiger partial charge in [-0.3, -0.25) is 9.48 Å². The van der Waals surface area contributed by atoms with Crippen LogP contribution in [0.15, 0.2) is 0 Å². The molecule has 6 heteroatoms. The van der Waals surface area contributed by atoms with Gasteiger partial charge in [0.15, 0.2) is 0 Å². The van der Waals surface area contributed by atoms with Crippen LogP contribution in [-0.2, 0) is 13.5 Å². The number of hydrogen-bond acceptors (Lipinski definition) is 3. The van der Waals surface area contributed by atoms with Crippen molar-refractivity contribution in [3.8, 4) is 0 Å². The number of aliphatic hydroxyl groups excluding tert-OH is 1. The minimum absolute atomic E-state index is 0.0640. The maximum Gasteiger partial charge on any atom is 0.256 e. The van der Waals surface area contributed by atoms with Gasteiger partial charge in [-0.15, -0.1) is 0 Å². The van der Waals surface area contributed by atoms with Crippen molar-refractivity contribution < 1.29 is 9.90 Å². The summed E-state index contributed by atoms with van der Waals surface area (Å²) in [5, 5.41) is 16.8. The van der Waals surface area contributed by atoms with Crippen molar-refractivity contribution >= 4 is 17.5 Å². The highest BCUT2D eigenvalue weighted by molar-refractivity contribution is 6.33. The minimum atomic E-state index is -0.186. The van der Waals surface area contributed by atoms with Crippen molar-refractivity contribution in [3.05, 3.63) is 16.4 Å². The van der Waals surface area contributed by atoms with Crippen LogP contribution in [0.2, 0.25) is 5.15 Å². The van der Waals surface area contributed by atoms with Crippen LogP contribution in [0.25, 0.3) is 0 Å². The van der Waals surface area contributed by atoms with Crippen molar-refractivity contribution in [2.45, 2.75) is 46.5 Å². The Morgan fingerprint density at radius 3 is 2.48 bits per heavy atom. The lowest BCUT2D eigenvalue weighted by molar-refractivity contribution is 0.0906. The number of halogens is 1. The van der Waals surface area contributed by atoms with Crippen molar-refractivity contribution in [1.82, 2.24) is 15.1 Å². The van der Waals surface area contributed by atoms with E-state index in [1.54, 1.807) is 7.05 Å². The quantitative estimate of drug-likeness (QED) is 0.774. The van der Waals surface area contributed by atoms with E-state index in [0.717, 1.165) is 12.8 Å². The van der Waals surface area contributed by atoms with Gasteiger partial charge in [0.05, 0.1) is 11.3 Å². The van der Waals surface area contributed by atoms with Gasteiger partial charge in [-0.25, -0.2) is 0 Å². The zero-order valence-corrected chi connectivity index (χ0v) is 14.1. The van der Waals surface area contributed by atoms with Crippen LogP contribution >= 0.6 is 11.6 Å². The van der Waals surface area contributed by atoms with Crippen molar-refractivity contribution in [1.29, 1.82) is 0 Å². The Balaban J connectivity index is 2.86. The molecule has 1 amide bonds. The highest BCUT2D eigenvalue weighted by Crippen LogP contribution is 2.29. The molecule has 0 bridgehead atoms. The molecule has 0 aromatic carbocycles. The van der Waals surface area contributed by atoms with Crippen LogP contribution in [0.5, 0.6) is 0 Å². The summed E-state index contributed by atoms with van der Waals surface area (Å²) in [4.78, 5) is 12.4. The molecule has 0 aliphatic carbocycles. The van der Waals surface area contributed by atoms with Gasteiger partial charge in [0.25, 0.3) is 5.91 Å². The van der Waals surface area contributed by atoms with Crippen LogP contribution in [0.1, 0.15) is 56.1 Å². The number of aromatic nitrogens is 2. The summed E-state index contributed by atoms with van der Waals surface area (Å²) in [6, 6.07) is 0. The maximum atomic E-state index is 12.4. The number of hydrogen-bond donors (Lipinski definition) is 2. The molecule has 0 radical (unpaired) electrons. The summed E-state index contributed by atoms with van der Waals surface area (Å²) in [5.41, 5.74) is 1.11. The van der Waals surface area contributed by atoms with E-state index in [1.165, 1.54) is 4.68 Å². The van der Waals surface area contributed by atoms with Gasteiger partial charge in [-0.2, -0.15) is 5.10 Å². The number of amides is 1. The number of aryl methyl sites for hydroxylation is 2. The molecule has 1 heterocycles. The molecule has 0 saturated carbocycles. The number of carbonyl (C=O) groups excluding carboxylic acids is 1. The first-order chi connectivity index (χ1) is 9.94. The van der Waals surface area contributed by atoms with Crippen LogP contribution in [-0.4, -0.2) is 33.9 Å². The van der Waals surface area contributed by atoms with Crippen LogP contribution in [0.4, 0.5) is 0 Å². The number of nitrogens with zero attached hydrogens (tertiary/aromatic N) is 2. The Bertz CT molecular complexity index is 482. The second-order valence-electron chi connectivity index (χ2n) is 5.45. The van der Waals surface area contributed by atoms with E-state index in [0.29, 0.717) is 35.8 Å². The molecule has 0 aliphatic heterocycles. The van der Waals surface area contributed by atoms with E-state index in [-0.39, 0.29) is 17.9 Å². The molecule has 0 spiro atoms. The van der Waals surface area contributed by atoms with E-state index < -0.39 is 0 Å². The number of rotatable bonds is 8. The van der Waals surface area contributed by atoms with Gasteiger partial charge in [0, 0.05) is 20.2 Å². The largest absolute Gasteiger partial charge is 0.396 e. The van der Waals surface area contributed by atoms with E-state index >= 15 is 0 Å². The molecule has 1 rings (SSSR count). The molecule has 0 saturated heterocycles. The zero-order chi connectivity index (χ0) is 16.0. The summed E-state index contributed by atoms with van der Waals surface area (Å²) in [6.07, 6.45) is 3.16. The molecular weight excluding hydrogens is 290 g/mol. The first-order valence-corrected chi connectivity index (χ1v) is 7.92. The second kappa shape index (κ2) is 7.80. The monoisotopic (exact) mass is 315 g/mol. The lowest BCUT2D eigenvalue weighted by atomic mass is 9.79. The van der Waals surface area contributed by atoms with Gasteiger partial charge >= 0.3 is 0 Å². The van der Waals surface area contributed by atoms with E-state index in [4.69, 9.17) is 11.6 Å². The molecule has 2 N–H and O–H groups in total. The van der Waals surface area contributed by atoms with Crippen molar-refractivity contribution in [3.63, 3.8) is 0 Å². The average Bonchev–Trinajstić information content (AvgIpc) is 2.78. The molecular formula is C15H26ClN3O2. The fourth-order valence-corrected chi connectivity index (χ4v) is 2.80. The third kappa shape index (κ3) is 3.98. The first kappa shape index (κ1) is 18.0. The smallest absolute Gasteiger partial charge is 0.256 e. The Morgan fingerprint density at radius 1 is 1.38 bits per heavy atom. The molecule has 21 heavy (non-hydrogen) atoms. The van der Waals surface area contributed by atoms with Gasteiger partial charge in [-0.05, 0) is 31.1 Å². The lowest BCUT2D eigenvalue weighted by Crippen LogP contribution is -2.38. The third-order valence-corrected chi connectivity index (χ3v) is 4.81. The molecule has 0 aliphatic rings. The van der Waals surface area contributed by atoms with Crippen LogP contribution < -0.4 is 5.32 Å². The fourth-order valence-electron chi connectivity index (χ4n) is 2.56. The van der Waals surface area contributed by atoms with E-state index in [2.05, 4.69) is 24.3 Å². The third-order valence-electron chi connectivity index (χ3n) is 4.38.